The van der Waals surface area contributed by atoms with E-state index in [0.717, 1.165) is 4.47 Å². The zero-order chi connectivity index (χ0) is 11.7. The molecule has 0 bridgehead atoms. The summed E-state index contributed by atoms with van der Waals surface area (Å²) in [4.78, 5) is 4.15. The average Bonchev–Trinajstić information content (AvgIpc) is 2.65. The Kier molecular flexibility index (Phi) is 3.34. The second-order valence-corrected chi connectivity index (χ2v) is 4.60. The fourth-order valence-corrected chi connectivity index (χ4v) is 1.92. The molecular weight excluding hydrogens is 317 g/mol. The molecule has 84 valence electrons. The Morgan fingerprint density at radius 2 is 2.12 bits per heavy atom. The third kappa shape index (κ3) is 2.15. The molecule has 2 aromatic heterocycles. The molecule has 0 unspecified atom stereocenters. The number of pyridine rings is 1. The van der Waals surface area contributed by atoms with E-state index in [1.165, 1.54) is 4.68 Å². The van der Waals surface area contributed by atoms with Crippen LogP contribution < -0.4 is 11.3 Å². The molecule has 0 fully saturated rings. The molecule has 0 saturated heterocycles. The van der Waals surface area contributed by atoms with Crippen molar-refractivity contribution in [3.63, 3.8) is 0 Å². The second kappa shape index (κ2) is 4.58. The van der Waals surface area contributed by atoms with Crippen molar-refractivity contribution >= 4 is 44.9 Å². The van der Waals surface area contributed by atoms with E-state index in [1.807, 2.05) is 0 Å². The van der Waals surface area contributed by atoms with Gasteiger partial charge in [0.25, 0.3) is 0 Å². The maximum atomic E-state index is 6.01. The molecule has 0 spiro atoms. The lowest BCUT2D eigenvalue weighted by Gasteiger charge is -2.07. The normalized spacial score (nSPS) is 10.5. The molecule has 16 heavy (non-hydrogen) atoms. The van der Waals surface area contributed by atoms with Crippen molar-refractivity contribution < 1.29 is 0 Å². The van der Waals surface area contributed by atoms with E-state index < -0.39 is 0 Å². The highest BCUT2D eigenvalue weighted by Gasteiger charge is 2.11. The van der Waals surface area contributed by atoms with Crippen LogP contribution in [0.4, 0.5) is 5.82 Å². The molecule has 2 heterocycles. The smallest absolute Gasteiger partial charge is 0.174 e. The van der Waals surface area contributed by atoms with Crippen LogP contribution >= 0.6 is 39.1 Å². The Balaban J connectivity index is 2.56. The third-order valence-electron chi connectivity index (χ3n) is 1.82. The Labute approximate surface area is 110 Å². The standard InChI is InChI=1S/C8H6BrCl2N5/c9-4-2-13-16(3-4)8-6(11)1-5(10)7(14-8)15-12/h1-3H,12H2,(H,14,15). The number of nitrogens with zero attached hydrogens (tertiary/aromatic N) is 3. The van der Waals surface area contributed by atoms with Crippen molar-refractivity contribution in [1.29, 1.82) is 0 Å². The molecule has 0 aliphatic rings. The van der Waals surface area contributed by atoms with Gasteiger partial charge in [0.15, 0.2) is 11.6 Å². The molecule has 0 atom stereocenters. The highest BCUT2D eigenvalue weighted by atomic mass is 79.9. The monoisotopic (exact) mass is 321 g/mol. The maximum Gasteiger partial charge on any atom is 0.174 e. The molecule has 0 aromatic carbocycles. The lowest BCUT2D eigenvalue weighted by molar-refractivity contribution is 0.847. The molecule has 0 saturated carbocycles. The number of hydrogen-bond acceptors (Lipinski definition) is 4. The van der Waals surface area contributed by atoms with Crippen molar-refractivity contribution in [2.45, 2.75) is 0 Å². The minimum Gasteiger partial charge on any atom is -0.307 e. The predicted molar refractivity (Wildman–Crippen MR) is 66.9 cm³/mol. The van der Waals surface area contributed by atoms with Gasteiger partial charge in [0.2, 0.25) is 0 Å². The van der Waals surface area contributed by atoms with Gasteiger partial charge in [-0.2, -0.15) is 5.10 Å². The van der Waals surface area contributed by atoms with E-state index >= 15 is 0 Å². The zero-order valence-electron chi connectivity index (χ0n) is 7.78. The summed E-state index contributed by atoms with van der Waals surface area (Å²) in [6.45, 7) is 0. The van der Waals surface area contributed by atoms with Gasteiger partial charge in [-0.3, -0.25) is 0 Å². The topological polar surface area (TPSA) is 68.8 Å². The number of hydrogen-bond donors (Lipinski definition) is 2. The highest BCUT2D eigenvalue weighted by Crippen LogP contribution is 2.27. The van der Waals surface area contributed by atoms with E-state index in [-0.39, 0.29) is 0 Å². The number of anilines is 1. The summed E-state index contributed by atoms with van der Waals surface area (Å²) < 4.78 is 2.34. The van der Waals surface area contributed by atoms with Crippen molar-refractivity contribution in [2.24, 2.45) is 5.84 Å². The van der Waals surface area contributed by atoms with Gasteiger partial charge in [0, 0.05) is 6.20 Å². The van der Waals surface area contributed by atoms with Gasteiger partial charge in [-0.05, 0) is 22.0 Å². The van der Waals surface area contributed by atoms with Crippen LogP contribution in [0.3, 0.4) is 0 Å². The number of aromatic nitrogens is 3. The van der Waals surface area contributed by atoms with Crippen molar-refractivity contribution in [1.82, 2.24) is 14.8 Å². The molecule has 3 N–H and O–H groups in total. The van der Waals surface area contributed by atoms with Crippen molar-refractivity contribution in [2.75, 3.05) is 5.43 Å². The van der Waals surface area contributed by atoms with Gasteiger partial charge in [-0.1, -0.05) is 23.2 Å². The quantitative estimate of drug-likeness (QED) is 0.658. The van der Waals surface area contributed by atoms with Gasteiger partial charge < -0.3 is 5.43 Å². The number of hydrazine groups is 1. The Morgan fingerprint density at radius 3 is 2.69 bits per heavy atom. The Morgan fingerprint density at radius 1 is 1.38 bits per heavy atom. The van der Waals surface area contributed by atoms with E-state index in [9.17, 15) is 0 Å². The molecule has 5 nitrogen and oxygen atoms in total. The van der Waals surface area contributed by atoms with E-state index in [1.54, 1.807) is 18.5 Å². The van der Waals surface area contributed by atoms with Crippen molar-refractivity contribution in [3.05, 3.63) is 33.0 Å². The summed E-state index contributed by atoms with van der Waals surface area (Å²) in [5.41, 5.74) is 2.38. The zero-order valence-corrected chi connectivity index (χ0v) is 10.9. The molecule has 2 rings (SSSR count). The third-order valence-corrected chi connectivity index (χ3v) is 2.79. The van der Waals surface area contributed by atoms with Crippen molar-refractivity contribution in [3.8, 4) is 5.82 Å². The van der Waals surface area contributed by atoms with Crippen LogP contribution in [0.15, 0.2) is 22.9 Å². The number of halogens is 3. The van der Waals surface area contributed by atoms with Crippen LogP contribution in [0.5, 0.6) is 0 Å². The van der Waals surface area contributed by atoms with E-state index in [4.69, 9.17) is 29.0 Å². The summed E-state index contributed by atoms with van der Waals surface area (Å²) in [6, 6.07) is 1.55. The van der Waals surface area contributed by atoms with Gasteiger partial charge in [0.05, 0.1) is 20.7 Å². The SMILES string of the molecule is NNc1nc(-n2cc(Br)cn2)c(Cl)cc1Cl. The molecular formula is C8H6BrCl2N5. The Bertz CT molecular complexity index is 527. The predicted octanol–water partition coefficient (Wildman–Crippen LogP) is 2.62. The van der Waals surface area contributed by atoms with Crippen LogP contribution in [0.1, 0.15) is 0 Å². The first kappa shape index (κ1) is 11.7. The van der Waals surface area contributed by atoms with Crippen LogP contribution in [-0.4, -0.2) is 14.8 Å². The highest BCUT2D eigenvalue weighted by molar-refractivity contribution is 9.10. The summed E-state index contributed by atoms with van der Waals surface area (Å²) in [6.07, 6.45) is 3.35. The minimum absolute atomic E-state index is 0.340. The second-order valence-electron chi connectivity index (χ2n) is 2.87. The van der Waals surface area contributed by atoms with E-state index in [0.29, 0.717) is 21.7 Å². The van der Waals surface area contributed by atoms with E-state index in [2.05, 4.69) is 31.4 Å². The van der Waals surface area contributed by atoms with Gasteiger partial charge in [-0.15, -0.1) is 0 Å². The molecule has 0 aliphatic carbocycles. The van der Waals surface area contributed by atoms with Crippen LogP contribution in [0, 0.1) is 0 Å². The first-order valence-electron chi connectivity index (χ1n) is 4.15. The van der Waals surface area contributed by atoms with Crippen LogP contribution in [-0.2, 0) is 0 Å². The minimum atomic E-state index is 0.340. The number of nitrogens with two attached hydrogens (primary N) is 1. The summed E-state index contributed by atoms with van der Waals surface area (Å²) in [7, 11) is 0. The lowest BCUT2D eigenvalue weighted by Crippen LogP contribution is -2.11. The first-order chi connectivity index (χ1) is 7.61. The Hall–Kier alpha value is -0.820. The average molecular weight is 323 g/mol. The summed E-state index contributed by atoms with van der Waals surface area (Å²) >= 11 is 15.2. The number of nitrogens with one attached hydrogen (secondary N) is 1. The van der Waals surface area contributed by atoms with Crippen LogP contribution in [0.25, 0.3) is 5.82 Å². The largest absolute Gasteiger partial charge is 0.307 e. The fourth-order valence-electron chi connectivity index (χ4n) is 1.14. The number of nitrogen functional groups attached to an aromatic ring is 1. The lowest BCUT2D eigenvalue weighted by atomic mass is 10.4. The maximum absolute atomic E-state index is 6.01. The first-order valence-corrected chi connectivity index (χ1v) is 5.70. The van der Waals surface area contributed by atoms with Gasteiger partial charge >= 0.3 is 0 Å². The van der Waals surface area contributed by atoms with Crippen LogP contribution in [0.2, 0.25) is 10.0 Å². The molecule has 8 heteroatoms. The molecule has 0 radical (unpaired) electrons. The fraction of sp³-hybridized carbons (Fsp3) is 0. The molecule has 0 aliphatic heterocycles. The number of rotatable bonds is 2. The molecule has 0 amide bonds. The van der Waals surface area contributed by atoms with Gasteiger partial charge in [0.1, 0.15) is 0 Å². The van der Waals surface area contributed by atoms with Gasteiger partial charge in [-0.25, -0.2) is 15.5 Å². The molecule has 2 aromatic rings. The summed E-state index contributed by atoms with van der Waals surface area (Å²) in [5, 5.41) is 4.80. The summed E-state index contributed by atoms with van der Waals surface area (Å²) in [5.74, 6) is 6.06.